The van der Waals surface area contributed by atoms with Crippen LogP contribution in [0, 0.1) is 13.8 Å². The molecule has 0 aliphatic heterocycles. The lowest BCUT2D eigenvalue weighted by Gasteiger charge is -2.04. The van der Waals surface area contributed by atoms with E-state index in [1.54, 1.807) is 19.1 Å². The van der Waals surface area contributed by atoms with Crippen molar-refractivity contribution >= 4 is 21.8 Å². The maximum Gasteiger partial charge on any atom is 0.322 e. The Balaban J connectivity index is 1.65. The summed E-state index contributed by atoms with van der Waals surface area (Å²) in [5.41, 5.74) is 3.73. The summed E-state index contributed by atoms with van der Waals surface area (Å²) in [7, 11) is -3.26. The molecule has 7 nitrogen and oxygen atoms in total. The number of nitrogens with zero attached hydrogens (tertiary/aromatic N) is 2. The van der Waals surface area contributed by atoms with Gasteiger partial charge in [-0.2, -0.15) is 0 Å². The highest BCUT2D eigenvalue weighted by Crippen LogP contribution is 2.22. The van der Waals surface area contributed by atoms with Gasteiger partial charge in [0.1, 0.15) is 0 Å². The number of nitrogens with one attached hydrogen (secondary N) is 1. The number of hydrogen-bond acceptors (Lipinski definition) is 6. The second kappa shape index (κ2) is 7.93. The van der Waals surface area contributed by atoms with Crippen molar-refractivity contribution in [3.63, 3.8) is 0 Å². The number of aromatic nitrogens is 2. The summed E-state index contributed by atoms with van der Waals surface area (Å²) >= 11 is 0. The summed E-state index contributed by atoms with van der Waals surface area (Å²) in [5, 5.41) is 10.4. The summed E-state index contributed by atoms with van der Waals surface area (Å²) in [4.78, 5) is 12.5. The molecule has 0 aliphatic carbocycles. The van der Waals surface area contributed by atoms with Gasteiger partial charge in [0.25, 0.3) is 0 Å². The minimum Gasteiger partial charge on any atom is -0.403 e. The quantitative estimate of drug-likeness (QED) is 0.682. The summed E-state index contributed by atoms with van der Waals surface area (Å²) in [6, 6.07) is 12.1. The molecule has 2 aromatic carbocycles. The first-order valence-corrected chi connectivity index (χ1v) is 10.5. The van der Waals surface area contributed by atoms with E-state index in [1.165, 1.54) is 12.1 Å². The van der Waals surface area contributed by atoms with Crippen LogP contribution in [0.3, 0.4) is 0 Å². The first kappa shape index (κ1) is 19.8. The van der Waals surface area contributed by atoms with Crippen LogP contribution in [0.2, 0.25) is 0 Å². The van der Waals surface area contributed by atoms with Crippen molar-refractivity contribution in [2.24, 2.45) is 0 Å². The van der Waals surface area contributed by atoms with E-state index in [2.05, 4.69) is 15.5 Å². The van der Waals surface area contributed by atoms with E-state index in [4.69, 9.17) is 4.42 Å². The van der Waals surface area contributed by atoms with Gasteiger partial charge in [-0.15, -0.1) is 5.10 Å². The van der Waals surface area contributed by atoms with Gasteiger partial charge in [-0.25, -0.2) is 8.42 Å². The van der Waals surface area contributed by atoms with Crippen LogP contribution in [0.25, 0.3) is 11.5 Å². The lowest BCUT2D eigenvalue weighted by atomic mass is 10.1. The van der Waals surface area contributed by atoms with Crippen molar-refractivity contribution in [2.45, 2.75) is 32.1 Å². The zero-order valence-corrected chi connectivity index (χ0v) is 16.7. The number of rotatable bonds is 6. The molecule has 8 heteroatoms. The fraction of sp³-hybridized carbons (Fsp3) is 0.250. The molecule has 0 atom stereocenters. The summed E-state index contributed by atoms with van der Waals surface area (Å²) < 4.78 is 29.2. The van der Waals surface area contributed by atoms with E-state index in [1.807, 2.05) is 32.0 Å². The molecular weight excluding hydrogens is 378 g/mol. The fourth-order valence-corrected chi connectivity index (χ4v) is 3.48. The van der Waals surface area contributed by atoms with Gasteiger partial charge < -0.3 is 4.42 Å². The molecule has 0 fully saturated rings. The van der Waals surface area contributed by atoms with Gasteiger partial charge in [-0.3, -0.25) is 10.1 Å². The van der Waals surface area contributed by atoms with Gasteiger partial charge in [0.15, 0.2) is 9.84 Å². The molecule has 0 spiro atoms. The Labute approximate surface area is 163 Å². The Morgan fingerprint density at radius 2 is 1.75 bits per heavy atom. The molecule has 146 valence electrons. The topological polar surface area (TPSA) is 102 Å². The number of aryl methyl sites for hydroxylation is 2. The third-order valence-corrected chi connectivity index (χ3v) is 6.20. The Bertz CT molecular complexity index is 1100. The minimum absolute atomic E-state index is 0.0170. The van der Waals surface area contributed by atoms with Crippen molar-refractivity contribution in [2.75, 3.05) is 11.1 Å². The number of hydrogen-bond donors (Lipinski definition) is 1. The van der Waals surface area contributed by atoms with Crippen LogP contribution in [0.5, 0.6) is 0 Å². The average molecular weight is 399 g/mol. The monoisotopic (exact) mass is 399 g/mol. The minimum atomic E-state index is -3.26. The van der Waals surface area contributed by atoms with Crippen molar-refractivity contribution < 1.29 is 17.6 Å². The molecule has 0 saturated carbocycles. The third kappa shape index (κ3) is 4.45. The van der Waals surface area contributed by atoms with Gasteiger partial charge in [-0.1, -0.05) is 30.2 Å². The number of carbonyl (C=O) groups excluding carboxylic acids is 1. The fourth-order valence-electron chi connectivity index (χ4n) is 2.60. The lowest BCUT2D eigenvalue weighted by Crippen LogP contribution is -2.14. The summed E-state index contributed by atoms with van der Waals surface area (Å²) in [5.74, 6) is 0.0289. The zero-order chi connectivity index (χ0) is 20.3. The molecule has 0 radical (unpaired) electrons. The molecule has 1 amide bonds. The Kier molecular flexibility index (Phi) is 5.60. The molecule has 1 aromatic heterocycles. The predicted molar refractivity (Wildman–Crippen MR) is 106 cm³/mol. The van der Waals surface area contributed by atoms with Crippen LogP contribution in [0.15, 0.2) is 51.8 Å². The lowest BCUT2D eigenvalue weighted by molar-refractivity contribution is -0.115. The van der Waals surface area contributed by atoms with Crippen LogP contribution >= 0.6 is 0 Å². The number of carbonyl (C=O) groups is 1. The Morgan fingerprint density at radius 1 is 1.04 bits per heavy atom. The standard InChI is InChI=1S/C20H21N3O4S/c1-4-28(25,26)17-9-6-15(7-10-17)12-18(24)21-20-23-22-19(27-20)16-8-5-13(2)14(3)11-16/h5-11H,4,12H2,1-3H3,(H,21,23,24). The molecule has 3 rings (SSSR count). The number of anilines is 1. The normalized spacial score (nSPS) is 11.4. The van der Waals surface area contributed by atoms with E-state index in [-0.39, 0.29) is 29.0 Å². The van der Waals surface area contributed by atoms with Gasteiger partial charge in [0.2, 0.25) is 11.8 Å². The van der Waals surface area contributed by atoms with Crippen molar-refractivity contribution in [3.8, 4) is 11.5 Å². The number of amides is 1. The predicted octanol–water partition coefficient (Wildman–Crippen LogP) is 3.33. The highest BCUT2D eigenvalue weighted by Gasteiger charge is 2.14. The van der Waals surface area contributed by atoms with Crippen molar-refractivity contribution in [1.82, 2.24) is 10.2 Å². The third-order valence-electron chi connectivity index (χ3n) is 4.45. The second-order valence-electron chi connectivity index (χ2n) is 6.48. The second-order valence-corrected chi connectivity index (χ2v) is 8.76. The van der Waals surface area contributed by atoms with Crippen LogP contribution in [0.4, 0.5) is 6.01 Å². The molecular formula is C20H21N3O4S. The number of benzene rings is 2. The van der Waals surface area contributed by atoms with Crippen molar-refractivity contribution in [3.05, 3.63) is 59.2 Å². The van der Waals surface area contributed by atoms with E-state index in [9.17, 15) is 13.2 Å². The summed E-state index contributed by atoms with van der Waals surface area (Å²) in [6.07, 6.45) is 0.0633. The van der Waals surface area contributed by atoms with E-state index < -0.39 is 9.84 Å². The first-order valence-electron chi connectivity index (χ1n) is 8.81. The molecule has 0 aliphatic rings. The van der Waals surface area contributed by atoms with Crippen LogP contribution in [-0.4, -0.2) is 30.3 Å². The molecule has 3 aromatic rings. The van der Waals surface area contributed by atoms with E-state index >= 15 is 0 Å². The highest BCUT2D eigenvalue weighted by atomic mass is 32.2. The van der Waals surface area contributed by atoms with Gasteiger partial charge in [0, 0.05) is 5.56 Å². The van der Waals surface area contributed by atoms with Gasteiger partial charge in [-0.05, 0) is 54.8 Å². The maximum absolute atomic E-state index is 12.2. The van der Waals surface area contributed by atoms with Crippen LogP contribution in [-0.2, 0) is 21.1 Å². The molecule has 0 saturated heterocycles. The van der Waals surface area contributed by atoms with E-state index in [0.29, 0.717) is 11.5 Å². The summed E-state index contributed by atoms with van der Waals surface area (Å²) in [6.45, 7) is 5.60. The van der Waals surface area contributed by atoms with Gasteiger partial charge >= 0.3 is 6.01 Å². The zero-order valence-electron chi connectivity index (χ0n) is 15.9. The molecule has 28 heavy (non-hydrogen) atoms. The molecule has 0 unspecified atom stereocenters. The first-order chi connectivity index (χ1) is 13.3. The number of sulfone groups is 1. The van der Waals surface area contributed by atoms with E-state index in [0.717, 1.165) is 16.7 Å². The Morgan fingerprint density at radius 3 is 2.39 bits per heavy atom. The molecule has 1 N–H and O–H groups in total. The van der Waals surface area contributed by atoms with Crippen molar-refractivity contribution in [1.29, 1.82) is 0 Å². The Hall–Kier alpha value is -3.00. The average Bonchev–Trinajstić information content (AvgIpc) is 3.12. The molecule has 1 heterocycles. The highest BCUT2D eigenvalue weighted by molar-refractivity contribution is 7.91. The SMILES string of the molecule is CCS(=O)(=O)c1ccc(CC(=O)Nc2nnc(-c3ccc(C)c(C)c3)o2)cc1. The maximum atomic E-state index is 12.2. The molecule has 0 bridgehead atoms. The smallest absolute Gasteiger partial charge is 0.322 e. The largest absolute Gasteiger partial charge is 0.403 e. The van der Waals surface area contributed by atoms with Gasteiger partial charge in [0.05, 0.1) is 17.1 Å². The van der Waals surface area contributed by atoms with Crippen LogP contribution < -0.4 is 5.32 Å². The van der Waals surface area contributed by atoms with Crippen LogP contribution in [0.1, 0.15) is 23.6 Å².